The molecule has 0 aliphatic carbocycles. The molecule has 0 amide bonds. The van der Waals surface area contributed by atoms with Crippen molar-refractivity contribution < 1.29 is 18.4 Å². The zero-order chi connectivity index (χ0) is 24.7. The highest BCUT2D eigenvalue weighted by Gasteiger charge is 2.38. The molecule has 0 spiro atoms. The fourth-order valence-corrected chi connectivity index (χ4v) is 7.95. The average Bonchev–Trinajstić information content (AvgIpc) is 3.15. The van der Waals surface area contributed by atoms with Crippen LogP contribution in [0, 0.1) is 20.8 Å². The van der Waals surface area contributed by atoms with Gasteiger partial charge in [-0.05, 0) is 43.0 Å². The van der Waals surface area contributed by atoms with Crippen LogP contribution in [-0.4, -0.2) is 12.6 Å². The van der Waals surface area contributed by atoms with E-state index in [1.165, 1.54) is 7.11 Å². The smallest absolute Gasteiger partial charge is 0.305 e. The molecule has 0 radical (unpaired) electrons. The highest BCUT2D eigenvalue weighted by atomic mass is 32.1. The second kappa shape index (κ2) is 11.6. The molecule has 4 rings (SSSR count). The second-order valence-corrected chi connectivity index (χ2v) is 13.1. The van der Waals surface area contributed by atoms with E-state index in [1.807, 2.05) is 75.4 Å². The summed E-state index contributed by atoms with van der Waals surface area (Å²) in [6.07, 6.45) is 0. The quantitative estimate of drug-likeness (QED) is 0.277. The molecule has 0 aliphatic rings. The lowest BCUT2D eigenvalue weighted by Gasteiger charge is -2.18. The Morgan fingerprint density at radius 3 is 1.59 bits per heavy atom. The highest BCUT2D eigenvalue weighted by Crippen LogP contribution is 2.49. The Labute approximate surface area is 205 Å². The van der Waals surface area contributed by atoms with E-state index >= 15 is 0 Å². The van der Waals surface area contributed by atoms with E-state index < -0.39 is 15.2 Å². The van der Waals surface area contributed by atoms with Gasteiger partial charge in [-0.15, -0.1) is 15.9 Å². The summed E-state index contributed by atoms with van der Waals surface area (Å²) < 4.78 is 29.7. The highest BCUT2D eigenvalue weighted by molar-refractivity contribution is 7.93. The lowest BCUT2D eigenvalue weighted by atomic mass is 10.1. The van der Waals surface area contributed by atoms with Crippen molar-refractivity contribution in [2.75, 3.05) is 7.11 Å². The summed E-state index contributed by atoms with van der Waals surface area (Å²) in [6, 6.07) is 27.3. The van der Waals surface area contributed by atoms with Gasteiger partial charge in [-0.2, -0.15) is 0 Å². The number of thiophene rings is 1. The fourth-order valence-electron chi connectivity index (χ4n) is 3.58. The first-order valence-electron chi connectivity index (χ1n) is 10.7. The maximum absolute atomic E-state index is 14.1. The molecule has 1 unspecified atom stereocenters. The molecule has 0 fully saturated rings. The molecule has 0 saturated heterocycles. The summed E-state index contributed by atoms with van der Waals surface area (Å²) in [7, 11) is -3.60. The lowest BCUT2D eigenvalue weighted by Crippen LogP contribution is -2.23. The summed E-state index contributed by atoms with van der Waals surface area (Å²) in [4.78, 5) is 15.5. The minimum Gasteiger partial charge on any atom is -0.305 e. The number of aryl methyl sites for hydroxylation is 2. The molecule has 4 aromatic rings. The van der Waals surface area contributed by atoms with Gasteiger partial charge in [-0.1, -0.05) is 78.9 Å². The Bertz CT molecular complexity index is 1270. The Morgan fingerprint density at radius 1 is 0.765 bits per heavy atom. The first kappa shape index (κ1) is 25.9. The van der Waals surface area contributed by atoms with Crippen molar-refractivity contribution in [1.29, 1.82) is 0 Å². The Kier molecular flexibility index (Phi) is 8.88. The zero-order valence-corrected chi connectivity index (χ0v) is 22.2. The van der Waals surface area contributed by atoms with Crippen LogP contribution in [0.4, 0.5) is 0 Å². The third-order valence-electron chi connectivity index (χ3n) is 5.43. The molecule has 7 heteroatoms. The summed E-state index contributed by atoms with van der Waals surface area (Å²) in [5, 5.41) is 1.91. The van der Waals surface area contributed by atoms with Crippen molar-refractivity contribution in [3.63, 3.8) is 0 Å². The molecule has 0 saturated carbocycles. The molecule has 4 nitrogen and oxygen atoms in total. The molecule has 0 bridgehead atoms. The van der Waals surface area contributed by atoms with Crippen molar-refractivity contribution >= 4 is 47.9 Å². The van der Waals surface area contributed by atoms with E-state index in [2.05, 4.69) is 4.52 Å². The van der Waals surface area contributed by atoms with E-state index in [4.69, 9.17) is 0 Å². The summed E-state index contributed by atoms with van der Waals surface area (Å²) in [5.41, 5.74) is 1.29. The number of carbonyl (C=O) groups is 1. The molecule has 0 aliphatic heterocycles. The van der Waals surface area contributed by atoms with Gasteiger partial charge in [0.15, 0.2) is 0 Å². The molecule has 34 heavy (non-hydrogen) atoms. The number of hydrogen-bond donors (Lipinski definition) is 0. The van der Waals surface area contributed by atoms with Crippen LogP contribution in [0.5, 0.6) is 0 Å². The molecule has 0 N–H and O–H groups in total. The maximum atomic E-state index is 14.1. The van der Waals surface area contributed by atoms with Gasteiger partial charge < -0.3 is 4.57 Å². The number of carbonyl (C=O) groups excluding carboxylic acids is 1. The van der Waals surface area contributed by atoms with Crippen LogP contribution in [0.25, 0.3) is 0 Å². The standard InChI is InChI=1S/C20H19O2PS.C7H8O2P/c1-14-15(2)24-16(3)19(14)20(21)23(22,17-10-6-4-7-11-17)18-12-8-5-9-13-18;1-9-10(8)7-5-3-2-4-6-7/h4-13H,1-3H3;2-6H,1H3/q;+1. The summed E-state index contributed by atoms with van der Waals surface area (Å²) in [5.74, 6) is 0. The van der Waals surface area contributed by atoms with Gasteiger partial charge in [0.25, 0.3) is 0 Å². The summed E-state index contributed by atoms with van der Waals surface area (Å²) in [6.45, 7) is 5.87. The van der Waals surface area contributed by atoms with Crippen LogP contribution in [-0.2, 0) is 13.7 Å². The van der Waals surface area contributed by atoms with Crippen molar-refractivity contribution in [2.45, 2.75) is 20.8 Å². The van der Waals surface area contributed by atoms with Crippen LogP contribution < -0.4 is 15.9 Å². The first-order valence-corrected chi connectivity index (χ1v) is 14.4. The van der Waals surface area contributed by atoms with Gasteiger partial charge in [0.05, 0.1) is 7.11 Å². The Hall–Kier alpha value is -2.68. The van der Waals surface area contributed by atoms with E-state index in [1.54, 1.807) is 47.7 Å². The number of rotatable bonds is 6. The predicted molar refractivity (Wildman–Crippen MR) is 143 cm³/mol. The van der Waals surface area contributed by atoms with E-state index in [0.29, 0.717) is 16.2 Å². The molecular weight excluding hydrogens is 482 g/mol. The largest absolute Gasteiger partial charge is 0.548 e. The van der Waals surface area contributed by atoms with Gasteiger partial charge in [-0.25, -0.2) is 0 Å². The SMILES string of the molecule is CO[P+](=O)c1ccccc1.Cc1sc(C)c(C(=O)P(=O)(c2ccccc2)c2ccccc2)c1C. The van der Waals surface area contributed by atoms with Crippen LogP contribution >= 0.6 is 26.5 Å². The normalized spacial score (nSPS) is 11.4. The van der Waals surface area contributed by atoms with Gasteiger partial charge in [-0.3, -0.25) is 4.79 Å². The van der Waals surface area contributed by atoms with E-state index in [9.17, 15) is 13.9 Å². The van der Waals surface area contributed by atoms with Gasteiger partial charge in [0, 0.05) is 25.9 Å². The lowest BCUT2D eigenvalue weighted by molar-refractivity contribution is 0.107. The van der Waals surface area contributed by atoms with Crippen LogP contribution in [0.3, 0.4) is 0 Å². The number of benzene rings is 3. The van der Waals surface area contributed by atoms with Gasteiger partial charge in [0.1, 0.15) is 0 Å². The maximum Gasteiger partial charge on any atom is 0.548 e. The van der Waals surface area contributed by atoms with Crippen LogP contribution in [0.15, 0.2) is 91.0 Å². The average molecular weight is 510 g/mol. The Morgan fingerprint density at radius 2 is 1.21 bits per heavy atom. The molecule has 3 aromatic carbocycles. The monoisotopic (exact) mass is 509 g/mol. The van der Waals surface area contributed by atoms with E-state index in [-0.39, 0.29) is 5.52 Å². The molecular formula is C27H27O4P2S+. The molecule has 1 aromatic heterocycles. The molecule has 1 heterocycles. The number of hydrogen-bond acceptors (Lipinski definition) is 5. The molecule has 1 atom stereocenters. The fraction of sp³-hybridized carbons (Fsp3) is 0.148. The minimum absolute atomic E-state index is 0.265. The van der Waals surface area contributed by atoms with Crippen LogP contribution in [0.1, 0.15) is 25.7 Å². The van der Waals surface area contributed by atoms with Crippen LogP contribution in [0.2, 0.25) is 0 Å². The first-order chi connectivity index (χ1) is 16.3. The van der Waals surface area contributed by atoms with Crippen molar-refractivity contribution in [3.8, 4) is 0 Å². The third kappa shape index (κ3) is 5.51. The second-order valence-electron chi connectivity index (χ2n) is 7.58. The topological polar surface area (TPSA) is 60.4 Å². The third-order valence-corrected chi connectivity index (χ3v) is 10.5. The minimum atomic E-state index is -3.41. The summed E-state index contributed by atoms with van der Waals surface area (Å²) >= 11 is 1.59. The van der Waals surface area contributed by atoms with Crippen molar-refractivity contribution in [3.05, 3.63) is 112 Å². The Balaban J connectivity index is 0.000000271. The molecule has 174 valence electrons. The van der Waals surface area contributed by atoms with Gasteiger partial charge >= 0.3 is 8.03 Å². The van der Waals surface area contributed by atoms with E-state index in [0.717, 1.165) is 20.6 Å². The zero-order valence-electron chi connectivity index (χ0n) is 19.6. The van der Waals surface area contributed by atoms with Gasteiger partial charge in [0.2, 0.25) is 18.0 Å². The van der Waals surface area contributed by atoms with Crippen molar-refractivity contribution in [2.24, 2.45) is 0 Å². The van der Waals surface area contributed by atoms with Crippen molar-refractivity contribution in [1.82, 2.24) is 0 Å². The predicted octanol–water partition coefficient (Wildman–Crippen LogP) is 6.53.